The predicted molar refractivity (Wildman–Crippen MR) is 110 cm³/mol. The van der Waals surface area contributed by atoms with Crippen molar-refractivity contribution in [3.8, 4) is 17.1 Å². The summed E-state index contributed by atoms with van der Waals surface area (Å²) in [5.74, 6) is 1.99. The van der Waals surface area contributed by atoms with Crippen molar-refractivity contribution >= 4 is 33.1 Å². The Bertz CT molecular complexity index is 1250. The largest absolute Gasteiger partial charge is 0.337 e. The highest BCUT2D eigenvalue weighted by molar-refractivity contribution is 7.17. The summed E-state index contributed by atoms with van der Waals surface area (Å²) in [7, 11) is 0. The first kappa shape index (κ1) is 16.5. The maximum atomic E-state index is 4.65. The third-order valence-corrected chi connectivity index (χ3v) is 5.10. The van der Waals surface area contributed by atoms with Crippen molar-refractivity contribution in [2.45, 2.75) is 6.92 Å². The number of aryl methyl sites for hydroxylation is 1. The van der Waals surface area contributed by atoms with Crippen molar-refractivity contribution in [2.24, 2.45) is 0 Å². The van der Waals surface area contributed by atoms with Crippen LogP contribution in [-0.2, 0) is 0 Å². The standard InChI is InChI=1S/C20H15N7S/c1-13-24-18(26-15-10-23-27(11-15)20-21-8-5-9-22-20)17-16(12-28-19(17)25-13)14-6-3-2-4-7-14/h2-12H,1H3,(H,24,25,26). The summed E-state index contributed by atoms with van der Waals surface area (Å²) < 4.78 is 1.62. The summed E-state index contributed by atoms with van der Waals surface area (Å²) in [5.41, 5.74) is 3.05. The van der Waals surface area contributed by atoms with Gasteiger partial charge >= 0.3 is 0 Å². The zero-order valence-corrected chi connectivity index (χ0v) is 15.8. The van der Waals surface area contributed by atoms with E-state index < -0.39 is 0 Å². The van der Waals surface area contributed by atoms with Gasteiger partial charge in [-0.15, -0.1) is 11.3 Å². The number of rotatable bonds is 4. The van der Waals surface area contributed by atoms with E-state index in [-0.39, 0.29) is 0 Å². The second kappa shape index (κ2) is 6.82. The zero-order valence-electron chi connectivity index (χ0n) is 14.9. The maximum absolute atomic E-state index is 4.65. The van der Waals surface area contributed by atoms with Gasteiger partial charge in [0.2, 0.25) is 5.95 Å². The number of nitrogens with zero attached hydrogens (tertiary/aromatic N) is 6. The minimum absolute atomic E-state index is 0.514. The van der Waals surface area contributed by atoms with Crippen LogP contribution in [0.4, 0.5) is 11.5 Å². The van der Waals surface area contributed by atoms with Crippen molar-refractivity contribution in [3.05, 3.63) is 72.4 Å². The highest BCUT2D eigenvalue weighted by Crippen LogP contribution is 2.37. The van der Waals surface area contributed by atoms with E-state index in [1.807, 2.05) is 31.3 Å². The fraction of sp³-hybridized carbons (Fsp3) is 0.0500. The van der Waals surface area contributed by atoms with Crippen molar-refractivity contribution in [1.29, 1.82) is 0 Å². The summed E-state index contributed by atoms with van der Waals surface area (Å²) in [6.45, 7) is 1.90. The molecule has 0 aliphatic carbocycles. The number of aromatic nitrogens is 6. The van der Waals surface area contributed by atoms with Crippen LogP contribution in [0.25, 0.3) is 27.3 Å². The number of nitrogens with one attached hydrogen (secondary N) is 1. The summed E-state index contributed by atoms with van der Waals surface area (Å²) in [6, 6.07) is 12.0. The Hall–Kier alpha value is -3.65. The van der Waals surface area contributed by atoms with Crippen LogP contribution in [0.15, 0.2) is 66.6 Å². The molecular formula is C20H15N7S. The van der Waals surface area contributed by atoms with Gasteiger partial charge in [0, 0.05) is 23.3 Å². The number of benzene rings is 1. The molecule has 0 spiro atoms. The molecule has 1 aromatic carbocycles. The summed E-state index contributed by atoms with van der Waals surface area (Å²) in [5, 5.41) is 10.9. The smallest absolute Gasteiger partial charge is 0.250 e. The number of thiophene rings is 1. The molecule has 7 nitrogen and oxygen atoms in total. The van der Waals surface area contributed by atoms with Gasteiger partial charge in [-0.3, -0.25) is 0 Å². The first-order valence-corrected chi connectivity index (χ1v) is 9.56. The maximum Gasteiger partial charge on any atom is 0.250 e. The van der Waals surface area contributed by atoms with E-state index >= 15 is 0 Å². The Morgan fingerprint density at radius 1 is 1.00 bits per heavy atom. The van der Waals surface area contributed by atoms with Gasteiger partial charge in [-0.2, -0.15) is 5.10 Å². The van der Waals surface area contributed by atoms with Crippen LogP contribution in [0.3, 0.4) is 0 Å². The molecule has 8 heteroatoms. The molecule has 5 rings (SSSR count). The van der Waals surface area contributed by atoms with E-state index in [0.29, 0.717) is 5.95 Å². The Kier molecular flexibility index (Phi) is 4.02. The molecule has 0 atom stereocenters. The van der Waals surface area contributed by atoms with Gasteiger partial charge in [-0.05, 0) is 18.6 Å². The topological polar surface area (TPSA) is 81.4 Å². The van der Waals surface area contributed by atoms with Crippen molar-refractivity contribution < 1.29 is 0 Å². The lowest BCUT2D eigenvalue weighted by Crippen LogP contribution is -2.00. The molecule has 0 radical (unpaired) electrons. The number of anilines is 2. The van der Waals surface area contributed by atoms with E-state index in [2.05, 4.69) is 47.9 Å². The Balaban J connectivity index is 1.58. The lowest BCUT2D eigenvalue weighted by molar-refractivity contribution is 0.808. The minimum Gasteiger partial charge on any atom is -0.337 e. The van der Waals surface area contributed by atoms with Gasteiger partial charge < -0.3 is 5.32 Å². The van der Waals surface area contributed by atoms with Crippen LogP contribution in [0.1, 0.15) is 5.82 Å². The van der Waals surface area contributed by atoms with Gasteiger partial charge in [0.25, 0.3) is 0 Å². The normalized spacial score (nSPS) is 11.0. The molecule has 0 bridgehead atoms. The average molecular weight is 385 g/mol. The van der Waals surface area contributed by atoms with Crippen LogP contribution < -0.4 is 5.32 Å². The fourth-order valence-electron chi connectivity index (χ4n) is 3.01. The van der Waals surface area contributed by atoms with Crippen molar-refractivity contribution in [2.75, 3.05) is 5.32 Å². The second-order valence-corrected chi connectivity index (χ2v) is 7.02. The highest BCUT2D eigenvalue weighted by Gasteiger charge is 2.15. The lowest BCUT2D eigenvalue weighted by Gasteiger charge is -2.08. The lowest BCUT2D eigenvalue weighted by atomic mass is 10.1. The van der Waals surface area contributed by atoms with E-state index in [1.165, 1.54) is 0 Å². The molecule has 4 heterocycles. The van der Waals surface area contributed by atoms with Crippen molar-refractivity contribution in [3.63, 3.8) is 0 Å². The van der Waals surface area contributed by atoms with Crippen LogP contribution in [0.2, 0.25) is 0 Å². The average Bonchev–Trinajstić information content (AvgIpc) is 3.36. The molecule has 0 aliphatic heterocycles. The zero-order chi connectivity index (χ0) is 18.9. The predicted octanol–water partition coefficient (Wildman–Crippen LogP) is 4.39. The molecule has 28 heavy (non-hydrogen) atoms. The first-order chi connectivity index (χ1) is 13.8. The SMILES string of the molecule is Cc1nc(Nc2cnn(-c3ncccn3)c2)c2c(-c3ccccc3)csc2n1. The van der Waals surface area contributed by atoms with Crippen LogP contribution in [-0.4, -0.2) is 29.7 Å². The molecule has 5 aromatic rings. The van der Waals surface area contributed by atoms with E-state index in [9.17, 15) is 0 Å². The molecule has 0 fully saturated rings. The molecule has 1 N–H and O–H groups in total. The van der Waals surface area contributed by atoms with E-state index in [0.717, 1.165) is 38.7 Å². The molecular weight excluding hydrogens is 370 g/mol. The molecule has 0 saturated carbocycles. The van der Waals surface area contributed by atoms with Crippen LogP contribution in [0.5, 0.6) is 0 Å². The molecule has 136 valence electrons. The monoisotopic (exact) mass is 385 g/mol. The molecule has 0 saturated heterocycles. The molecule has 4 aromatic heterocycles. The third kappa shape index (κ3) is 2.99. The second-order valence-electron chi connectivity index (χ2n) is 6.16. The van der Waals surface area contributed by atoms with Gasteiger partial charge in [0.05, 0.1) is 23.5 Å². The fourth-order valence-corrected chi connectivity index (χ4v) is 4.00. The van der Waals surface area contributed by atoms with Gasteiger partial charge in [0.1, 0.15) is 16.5 Å². The quantitative estimate of drug-likeness (QED) is 0.494. The third-order valence-electron chi connectivity index (χ3n) is 4.23. The molecule has 0 amide bonds. The minimum atomic E-state index is 0.514. The Morgan fingerprint density at radius 3 is 2.64 bits per heavy atom. The van der Waals surface area contributed by atoms with E-state index in [1.54, 1.807) is 40.7 Å². The van der Waals surface area contributed by atoms with Crippen LogP contribution in [0, 0.1) is 6.92 Å². The van der Waals surface area contributed by atoms with Gasteiger partial charge in [-0.25, -0.2) is 24.6 Å². The highest BCUT2D eigenvalue weighted by atomic mass is 32.1. The number of hydrogen-bond acceptors (Lipinski definition) is 7. The summed E-state index contributed by atoms with van der Waals surface area (Å²) in [4.78, 5) is 18.6. The Morgan fingerprint density at radius 2 is 1.82 bits per heavy atom. The molecule has 0 aliphatic rings. The van der Waals surface area contributed by atoms with E-state index in [4.69, 9.17) is 0 Å². The van der Waals surface area contributed by atoms with Crippen molar-refractivity contribution in [1.82, 2.24) is 29.7 Å². The van der Waals surface area contributed by atoms with Gasteiger partial charge in [0.15, 0.2) is 0 Å². The number of hydrogen-bond donors (Lipinski definition) is 1. The van der Waals surface area contributed by atoms with Crippen LogP contribution >= 0.6 is 11.3 Å². The summed E-state index contributed by atoms with van der Waals surface area (Å²) in [6.07, 6.45) is 6.94. The first-order valence-electron chi connectivity index (χ1n) is 8.68. The Labute approximate surface area is 164 Å². The van der Waals surface area contributed by atoms with Gasteiger partial charge in [-0.1, -0.05) is 30.3 Å². The number of fused-ring (bicyclic) bond motifs is 1. The summed E-state index contributed by atoms with van der Waals surface area (Å²) >= 11 is 1.62. The molecule has 0 unspecified atom stereocenters.